The fraction of sp³-hybridized carbons (Fsp3) is 0.368. The third-order valence-corrected chi connectivity index (χ3v) is 6.00. The van der Waals surface area contributed by atoms with Gasteiger partial charge in [-0.05, 0) is 30.7 Å². The van der Waals surface area contributed by atoms with Crippen molar-refractivity contribution in [2.75, 3.05) is 25.0 Å². The Labute approximate surface area is 173 Å². The molecule has 1 aromatic heterocycles. The maximum absolute atomic E-state index is 12.7. The topological polar surface area (TPSA) is 93.9 Å². The molecule has 0 spiro atoms. The van der Waals surface area contributed by atoms with Crippen molar-refractivity contribution in [2.24, 2.45) is 5.73 Å². The first-order valence-electron chi connectivity index (χ1n) is 8.92. The lowest BCUT2D eigenvalue weighted by Gasteiger charge is -2.25. The normalized spacial score (nSPS) is 18.0. The molecule has 28 heavy (non-hydrogen) atoms. The van der Waals surface area contributed by atoms with E-state index < -0.39 is 12.0 Å². The van der Waals surface area contributed by atoms with Crippen LogP contribution in [0.1, 0.15) is 27.7 Å². The summed E-state index contributed by atoms with van der Waals surface area (Å²) in [5, 5.41) is 3.34. The van der Waals surface area contributed by atoms with Crippen LogP contribution in [0, 0.1) is 0 Å². The number of nitrogens with two attached hydrogens (primary N) is 1. The summed E-state index contributed by atoms with van der Waals surface area (Å²) in [4.78, 5) is 28.1. The van der Waals surface area contributed by atoms with Gasteiger partial charge in [0.05, 0.1) is 5.56 Å². The summed E-state index contributed by atoms with van der Waals surface area (Å²) in [6, 6.07) is 7.21. The average molecular weight is 424 g/mol. The van der Waals surface area contributed by atoms with E-state index in [1.165, 1.54) is 11.3 Å². The first kappa shape index (κ1) is 20.4. The summed E-state index contributed by atoms with van der Waals surface area (Å²) in [6.45, 7) is 4.81. The van der Waals surface area contributed by atoms with E-state index in [0.717, 1.165) is 36.5 Å². The lowest BCUT2D eigenvalue weighted by atomic mass is 10.0. The number of ether oxygens (including phenoxy) is 2. The Morgan fingerprint density at radius 2 is 2.07 bits per heavy atom. The Balaban J connectivity index is 0.00000225. The maximum Gasteiger partial charge on any atom is 0.269 e. The predicted octanol–water partition coefficient (Wildman–Crippen LogP) is 2.43. The van der Waals surface area contributed by atoms with Gasteiger partial charge in [-0.15, -0.1) is 23.7 Å². The number of para-hydroxylation sites is 2. The van der Waals surface area contributed by atoms with Crippen molar-refractivity contribution < 1.29 is 19.1 Å². The first-order valence-corrected chi connectivity index (χ1v) is 9.74. The highest BCUT2D eigenvalue weighted by Gasteiger charge is 2.31. The summed E-state index contributed by atoms with van der Waals surface area (Å²) < 4.78 is 11.3. The third kappa shape index (κ3) is 3.80. The molecule has 1 unspecified atom stereocenters. The van der Waals surface area contributed by atoms with E-state index in [1.54, 1.807) is 12.1 Å². The molecule has 0 saturated carbocycles. The summed E-state index contributed by atoms with van der Waals surface area (Å²) >= 11 is 1.42. The van der Waals surface area contributed by atoms with E-state index in [0.29, 0.717) is 22.1 Å². The van der Waals surface area contributed by atoms with Crippen LogP contribution in [0.15, 0.2) is 24.3 Å². The summed E-state index contributed by atoms with van der Waals surface area (Å²) in [5.74, 6) is 0.283. The number of benzene rings is 1. The predicted molar refractivity (Wildman–Crippen MR) is 110 cm³/mol. The van der Waals surface area contributed by atoms with Gasteiger partial charge >= 0.3 is 0 Å². The molecule has 0 saturated heterocycles. The molecule has 0 aliphatic carbocycles. The van der Waals surface area contributed by atoms with Crippen LogP contribution in [0.3, 0.4) is 0 Å². The van der Waals surface area contributed by atoms with Gasteiger partial charge in [0.2, 0.25) is 6.10 Å². The van der Waals surface area contributed by atoms with Gasteiger partial charge in [0.1, 0.15) is 11.6 Å². The molecule has 7 nitrogen and oxygen atoms in total. The number of hydrogen-bond acceptors (Lipinski definition) is 6. The second kappa shape index (κ2) is 8.38. The Morgan fingerprint density at radius 3 is 2.79 bits per heavy atom. The number of carbonyl (C=O) groups excluding carboxylic acids is 2. The van der Waals surface area contributed by atoms with E-state index in [4.69, 9.17) is 15.2 Å². The van der Waals surface area contributed by atoms with Gasteiger partial charge < -0.3 is 20.5 Å². The number of anilines is 1. The van der Waals surface area contributed by atoms with E-state index in [1.807, 2.05) is 12.1 Å². The van der Waals surface area contributed by atoms with Crippen molar-refractivity contribution in [2.45, 2.75) is 26.0 Å². The lowest BCUT2D eigenvalue weighted by molar-refractivity contribution is -0.125. The molecule has 3 N–H and O–H groups in total. The van der Waals surface area contributed by atoms with Gasteiger partial charge in [0, 0.05) is 18.0 Å². The molecule has 2 aromatic rings. The van der Waals surface area contributed by atoms with Crippen LogP contribution in [-0.2, 0) is 17.8 Å². The average Bonchev–Trinajstić information content (AvgIpc) is 3.04. The zero-order valence-electron chi connectivity index (χ0n) is 15.4. The minimum atomic E-state index is -0.785. The minimum Gasteiger partial charge on any atom is -0.485 e. The van der Waals surface area contributed by atoms with E-state index in [-0.39, 0.29) is 24.9 Å². The number of nitrogens with zero attached hydrogens (tertiary/aromatic N) is 1. The molecule has 2 aliphatic heterocycles. The number of thiophene rings is 1. The van der Waals surface area contributed by atoms with Crippen LogP contribution in [0.4, 0.5) is 5.00 Å². The van der Waals surface area contributed by atoms with Crippen molar-refractivity contribution in [3.05, 3.63) is 40.3 Å². The van der Waals surface area contributed by atoms with E-state index in [2.05, 4.69) is 17.1 Å². The molecule has 1 atom stereocenters. The number of hydrogen-bond donors (Lipinski definition) is 2. The number of halogens is 1. The minimum absolute atomic E-state index is 0. The van der Waals surface area contributed by atoms with Gasteiger partial charge in [-0.2, -0.15) is 0 Å². The smallest absolute Gasteiger partial charge is 0.269 e. The molecule has 1 aromatic carbocycles. The molecule has 4 rings (SSSR count). The van der Waals surface area contributed by atoms with Crippen LogP contribution < -0.4 is 20.5 Å². The standard InChI is InChI=1S/C19H21N3O4S.ClH/c1-2-22-8-7-11-15(9-22)27-19(16(11)17(20)23)21-18(24)14-10-25-12-5-3-4-6-13(12)26-14;/h3-6,14H,2,7-10H2,1H3,(H2,20,23)(H,21,24);1H. The van der Waals surface area contributed by atoms with Crippen LogP contribution >= 0.6 is 23.7 Å². The van der Waals surface area contributed by atoms with Gasteiger partial charge in [-0.1, -0.05) is 19.1 Å². The molecule has 9 heteroatoms. The SMILES string of the molecule is CCN1CCc2c(sc(NC(=O)C3COc4ccccc4O3)c2C(N)=O)C1.Cl. The molecular weight excluding hydrogens is 402 g/mol. The number of nitrogens with one attached hydrogen (secondary N) is 1. The van der Waals surface area contributed by atoms with E-state index in [9.17, 15) is 9.59 Å². The fourth-order valence-corrected chi connectivity index (χ4v) is 4.71. The van der Waals surface area contributed by atoms with Gasteiger partial charge in [0.15, 0.2) is 11.5 Å². The Hall–Kier alpha value is -2.29. The van der Waals surface area contributed by atoms with Crippen LogP contribution in [0.5, 0.6) is 11.5 Å². The summed E-state index contributed by atoms with van der Waals surface area (Å²) in [5.41, 5.74) is 7.00. The molecule has 0 radical (unpaired) electrons. The molecule has 2 amide bonds. The van der Waals surface area contributed by atoms with Crippen LogP contribution in [-0.4, -0.2) is 42.5 Å². The van der Waals surface area contributed by atoms with Crippen molar-refractivity contribution in [1.82, 2.24) is 4.90 Å². The van der Waals surface area contributed by atoms with Gasteiger partial charge in [-0.3, -0.25) is 14.5 Å². The molecule has 0 bridgehead atoms. The summed E-state index contributed by atoms with van der Waals surface area (Å²) in [6.07, 6.45) is -0.0311. The fourth-order valence-electron chi connectivity index (χ4n) is 3.42. The van der Waals surface area contributed by atoms with Crippen molar-refractivity contribution in [3.8, 4) is 11.5 Å². The Bertz CT molecular complexity index is 901. The largest absolute Gasteiger partial charge is 0.485 e. The van der Waals surface area contributed by atoms with Crippen LogP contribution in [0.25, 0.3) is 0 Å². The molecule has 2 aliphatic rings. The molecule has 3 heterocycles. The zero-order chi connectivity index (χ0) is 19.0. The number of fused-ring (bicyclic) bond motifs is 2. The number of carbonyl (C=O) groups is 2. The quantitative estimate of drug-likeness (QED) is 0.787. The second-order valence-electron chi connectivity index (χ2n) is 6.54. The molecule has 150 valence electrons. The van der Waals surface area contributed by atoms with Crippen molar-refractivity contribution in [1.29, 1.82) is 0 Å². The number of amides is 2. The molecular formula is C19H22ClN3O4S. The van der Waals surface area contributed by atoms with Gasteiger partial charge in [0.25, 0.3) is 11.8 Å². The monoisotopic (exact) mass is 423 g/mol. The van der Waals surface area contributed by atoms with E-state index >= 15 is 0 Å². The highest BCUT2D eigenvalue weighted by molar-refractivity contribution is 7.17. The van der Waals surface area contributed by atoms with Crippen molar-refractivity contribution >= 4 is 40.6 Å². The summed E-state index contributed by atoms with van der Waals surface area (Å²) in [7, 11) is 0. The molecule has 0 fully saturated rings. The first-order chi connectivity index (χ1) is 13.1. The lowest BCUT2D eigenvalue weighted by Crippen LogP contribution is -2.40. The van der Waals surface area contributed by atoms with Crippen molar-refractivity contribution in [3.63, 3.8) is 0 Å². The zero-order valence-corrected chi connectivity index (χ0v) is 17.0. The Morgan fingerprint density at radius 1 is 1.32 bits per heavy atom. The van der Waals surface area contributed by atoms with Gasteiger partial charge in [-0.25, -0.2) is 0 Å². The Kier molecular flexibility index (Phi) is 6.12. The second-order valence-corrected chi connectivity index (χ2v) is 7.65. The number of likely N-dealkylation sites (N-methyl/N-ethyl adjacent to an activating group) is 1. The third-order valence-electron chi connectivity index (χ3n) is 4.87. The maximum atomic E-state index is 12.7. The number of rotatable bonds is 4. The highest BCUT2D eigenvalue weighted by Crippen LogP contribution is 2.37. The number of primary amides is 1. The van der Waals surface area contributed by atoms with Crippen LogP contribution in [0.2, 0.25) is 0 Å². The highest BCUT2D eigenvalue weighted by atomic mass is 35.5.